The molecule has 0 bridgehead atoms. The molecule has 656 valence electrons. The molecule has 1 aromatic heterocycles. The van der Waals surface area contributed by atoms with Crippen molar-refractivity contribution in [3.05, 3.63) is 331 Å². The number of hydrogen-bond acceptors (Lipinski definition) is 17. The minimum atomic E-state index is -0.691. The van der Waals surface area contributed by atoms with Gasteiger partial charge in [0.1, 0.15) is 24.2 Å². The lowest BCUT2D eigenvalue weighted by Crippen LogP contribution is -2.49. The summed E-state index contributed by atoms with van der Waals surface area (Å²) in [6.45, 7) is 20.0. The van der Waals surface area contributed by atoms with Crippen LogP contribution in [0.2, 0.25) is 10.0 Å². The number of ether oxygens (including phenoxy) is 1. The van der Waals surface area contributed by atoms with Gasteiger partial charge in [0.2, 0.25) is 23.6 Å². The molecule has 9 aliphatic rings. The van der Waals surface area contributed by atoms with Crippen molar-refractivity contribution in [3.63, 3.8) is 0 Å². The lowest BCUT2D eigenvalue weighted by atomic mass is 9.97. The highest BCUT2D eigenvalue weighted by Gasteiger charge is 2.43. The van der Waals surface area contributed by atoms with Gasteiger partial charge in [-0.25, -0.2) is 4.98 Å². The number of nitrogens with zero attached hydrogens (tertiary/aromatic N) is 7. The van der Waals surface area contributed by atoms with E-state index < -0.39 is 30.2 Å². The van der Waals surface area contributed by atoms with Gasteiger partial charge < -0.3 is 66.5 Å². The van der Waals surface area contributed by atoms with Crippen LogP contribution in [-0.2, 0) is 80.6 Å². The van der Waals surface area contributed by atoms with E-state index in [1.165, 1.54) is 0 Å². The number of aryl methyl sites for hydroxylation is 4. The van der Waals surface area contributed by atoms with E-state index in [1.807, 2.05) is 120 Å². The van der Waals surface area contributed by atoms with Crippen LogP contribution in [0.15, 0.2) is 232 Å². The fourth-order valence-electron chi connectivity index (χ4n) is 17.6. The Morgan fingerprint density at radius 1 is 0.430 bits per heavy atom. The number of allylic oxidation sites excluding steroid dienone is 4. The summed E-state index contributed by atoms with van der Waals surface area (Å²) in [5.41, 5.74) is 29.8. The second kappa shape index (κ2) is 39.6. The molecular formula is C100H99Cl2N13O13. The summed E-state index contributed by atoms with van der Waals surface area (Å²) in [7, 11) is 0. The van der Waals surface area contributed by atoms with Crippen molar-refractivity contribution in [2.75, 3.05) is 36.9 Å². The minimum absolute atomic E-state index is 0.0559. The predicted molar refractivity (Wildman–Crippen MR) is 485 cm³/mol. The smallest absolute Gasteiger partial charge is 0.255 e. The van der Waals surface area contributed by atoms with Gasteiger partial charge in [-0.15, -0.1) is 0 Å². The fourth-order valence-corrected chi connectivity index (χ4v) is 17.9. The maximum absolute atomic E-state index is 12.9. The molecule has 0 saturated carbocycles. The lowest BCUT2D eigenvalue weighted by molar-refractivity contribution is -0.127. The highest BCUT2D eigenvalue weighted by Crippen LogP contribution is 2.36. The zero-order valence-corrected chi connectivity index (χ0v) is 72.4. The number of rotatable bonds is 23. The average Bonchev–Trinajstić information content (AvgIpc) is 1.69. The maximum atomic E-state index is 12.9. The number of nitrogens with two attached hydrogens (primary N) is 2. The Morgan fingerprint density at radius 2 is 0.781 bits per heavy atom. The third kappa shape index (κ3) is 20.6. The van der Waals surface area contributed by atoms with Crippen molar-refractivity contribution in [2.24, 2.45) is 5.73 Å². The first-order valence-corrected chi connectivity index (χ1v) is 43.8. The second-order valence-electron chi connectivity index (χ2n) is 33.4. The number of imidazole rings is 1. The van der Waals surface area contributed by atoms with Gasteiger partial charge in [0.15, 0.2) is 23.1 Å². The number of hydrogen-bond donors (Lipinski definition) is 6. The Kier molecular flexibility index (Phi) is 27.6. The van der Waals surface area contributed by atoms with Gasteiger partial charge in [-0.1, -0.05) is 110 Å². The number of fused-ring (bicyclic) bond motifs is 4. The van der Waals surface area contributed by atoms with E-state index >= 15 is 0 Å². The lowest BCUT2D eigenvalue weighted by Gasteiger charge is -2.30. The number of anilines is 2. The number of carbonyl (C=O) groups is 12. The molecule has 5 fully saturated rings. The van der Waals surface area contributed by atoms with Crippen LogP contribution in [0.3, 0.4) is 0 Å². The summed E-state index contributed by atoms with van der Waals surface area (Å²) in [5.74, 6) is -1.13. The van der Waals surface area contributed by atoms with Gasteiger partial charge >= 0.3 is 0 Å². The maximum Gasteiger partial charge on any atom is 0.255 e. The molecule has 0 aliphatic carbocycles. The molecule has 28 heteroatoms. The molecule has 26 nitrogen and oxygen atoms in total. The number of morpholine rings is 1. The van der Waals surface area contributed by atoms with E-state index in [1.54, 1.807) is 86.7 Å². The van der Waals surface area contributed by atoms with Gasteiger partial charge in [0.25, 0.3) is 23.6 Å². The summed E-state index contributed by atoms with van der Waals surface area (Å²) >= 11 is 11.9. The van der Waals surface area contributed by atoms with Gasteiger partial charge in [0, 0.05) is 166 Å². The Labute approximate surface area is 751 Å². The van der Waals surface area contributed by atoms with Crippen molar-refractivity contribution in [3.8, 4) is 5.69 Å². The minimum Gasteiger partial charge on any atom is -0.398 e. The molecule has 5 atom stereocenters. The molecule has 0 spiro atoms. The van der Waals surface area contributed by atoms with E-state index in [0.717, 1.165) is 87.7 Å². The molecular weight excluding hydrogens is 1660 g/mol. The molecule has 10 heterocycles. The average molecular weight is 1760 g/mol. The van der Waals surface area contributed by atoms with Crippen LogP contribution in [0.25, 0.3) is 5.69 Å². The first-order chi connectivity index (χ1) is 61.6. The topological polar surface area (TPSA) is 348 Å². The van der Waals surface area contributed by atoms with E-state index in [9.17, 15) is 57.5 Å². The van der Waals surface area contributed by atoms with E-state index in [0.29, 0.717) is 200 Å². The Hall–Kier alpha value is -13.5. The predicted octanol–water partition coefficient (Wildman–Crippen LogP) is 13.3. The summed E-state index contributed by atoms with van der Waals surface area (Å²) in [6.07, 6.45) is 13.9. The SMILES string of the molecule is C=C1CCC(N2Cc3cc(CCC(=O)C(N)c4ccc(Cl)cc4)ccc3C2=O)C(=O)N1.C=C1CCC(N2Cc3cc(CCC(=O)c4cc(Cl)ccc4N)ccc3C2=O)C(=O)N1.C=C1CCC(N2Cc3cc(CCC(=O)c4ccc(-n5ccnc5)cc4)ccc3C2=O)C(=O)N1.C=C1CCC(N2Cc3cc(CCC(=O)c4ccc(N5CCOCC5)cc4)ccc3C2=O)C(=O)N1. The van der Waals surface area contributed by atoms with Crippen LogP contribution >= 0.6 is 23.2 Å². The third-order valence-electron chi connectivity index (χ3n) is 24.8. The summed E-state index contributed by atoms with van der Waals surface area (Å²) in [5, 5.41) is 12.1. The van der Waals surface area contributed by atoms with E-state index in [2.05, 4.69) is 57.5 Å². The van der Waals surface area contributed by atoms with Crippen LogP contribution < -0.4 is 37.6 Å². The molecule has 8 N–H and O–H groups in total. The Balaban J connectivity index is 0.000000131. The first kappa shape index (κ1) is 89.3. The standard InChI is InChI=1S/C27H29N3O4.C26H24N4O3.C24H24ClN3O3.C23H22ClN3O3/c1-18-2-10-24(26(32)28-18)30-17-21-16-19(3-9-23(21)27(30)33)4-11-25(31)20-5-7-22(8-6-20)29-12-14-34-15-13-29;1-17-2-10-23(25(32)28-17)30-15-20-14-18(3-9-22(20)26(30)33)4-11-24(31)19-5-7-21(8-6-19)29-13-12-27-16-29;1-14-2-10-20(23(30)27-14)28-13-17-12-15(3-9-19(17)24(28)31)4-11-21(29)22(26)16-5-7-18(25)8-6-16;1-13-2-8-20(22(29)26-13)27-12-15-10-14(3-6-17(15)23(27)30)4-9-21(28)18-11-16(24)5-7-19(18)25/h3,5-9,16,24H,1-2,4,10-15,17H2,(H,28,32);3,5-9,12-14,16,23H,1-2,4,10-11,15H2,(H,28,32);3,5-9,12,20,22H,1-2,4,10-11,13,26H2,(H,27,30);3,5-7,10-11,20H,1-2,4,8-9,12,25H2,(H,26,29). The van der Waals surface area contributed by atoms with Crippen LogP contribution in [0.1, 0.15) is 206 Å². The summed E-state index contributed by atoms with van der Waals surface area (Å²) < 4.78 is 7.28. The normalized spacial score (nSPS) is 18.9. The quantitative estimate of drug-likeness (QED) is 0.0256. The molecule has 18 rings (SSSR count). The largest absolute Gasteiger partial charge is 0.398 e. The highest BCUT2D eigenvalue weighted by atomic mass is 35.5. The number of benzene rings is 8. The number of halogens is 2. The Morgan fingerprint density at radius 3 is 1.14 bits per heavy atom. The molecule has 5 unspecified atom stereocenters. The van der Waals surface area contributed by atoms with Crippen molar-refractivity contribution in [1.82, 2.24) is 50.4 Å². The fraction of sp³-hybridized carbons (Fsp3) is 0.290. The molecule has 8 amide bonds. The Bertz CT molecular complexity index is 5960. The zero-order chi connectivity index (χ0) is 90.1. The van der Waals surface area contributed by atoms with Gasteiger partial charge in [-0.2, -0.15) is 0 Å². The molecule has 9 aromatic rings. The number of ketones is 4. The third-order valence-corrected chi connectivity index (χ3v) is 25.3. The summed E-state index contributed by atoms with van der Waals surface area (Å²) in [4.78, 5) is 164. The monoisotopic (exact) mass is 1760 g/mol. The van der Waals surface area contributed by atoms with Gasteiger partial charge in [0.05, 0.1) is 25.6 Å². The zero-order valence-electron chi connectivity index (χ0n) is 70.9. The number of carbonyl (C=O) groups excluding carboxylic acids is 12. The molecule has 9 aliphatic heterocycles. The molecule has 5 saturated heterocycles. The van der Waals surface area contributed by atoms with E-state index in [-0.39, 0.29) is 76.8 Å². The van der Waals surface area contributed by atoms with E-state index in [4.69, 9.17) is 39.4 Å². The van der Waals surface area contributed by atoms with Crippen molar-refractivity contribution in [2.45, 2.75) is 159 Å². The number of piperidine rings is 4. The van der Waals surface area contributed by atoms with Gasteiger partial charge in [-0.05, 0) is 230 Å². The summed E-state index contributed by atoms with van der Waals surface area (Å²) in [6, 6.07) is 47.2. The number of nitrogens with one attached hydrogen (secondary N) is 4. The number of aromatic nitrogens is 2. The second-order valence-corrected chi connectivity index (χ2v) is 34.3. The van der Waals surface area contributed by atoms with Crippen LogP contribution in [0, 0.1) is 0 Å². The van der Waals surface area contributed by atoms with Crippen molar-refractivity contribution >= 4 is 105 Å². The van der Waals surface area contributed by atoms with Crippen LogP contribution in [0.4, 0.5) is 11.4 Å². The van der Waals surface area contributed by atoms with Crippen LogP contribution in [-0.4, -0.2) is 150 Å². The number of nitrogen functional groups attached to an aromatic ring is 1. The highest BCUT2D eigenvalue weighted by molar-refractivity contribution is 6.31. The first-order valence-electron chi connectivity index (χ1n) is 43.0. The van der Waals surface area contributed by atoms with Crippen molar-refractivity contribution in [1.29, 1.82) is 0 Å². The number of amides is 8. The molecule has 128 heavy (non-hydrogen) atoms. The molecule has 8 aromatic carbocycles. The van der Waals surface area contributed by atoms with Crippen molar-refractivity contribution < 1.29 is 62.3 Å². The van der Waals surface area contributed by atoms with Crippen LogP contribution in [0.5, 0.6) is 0 Å². The van der Waals surface area contributed by atoms with Gasteiger partial charge in [-0.3, -0.25) is 57.5 Å². The number of Topliss-reactive ketones (excluding diaryl/α,β-unsaturated/α-hetero) is 4. The molecule has 0 radical (unpaired) electrons.